The van der Waals surface area contributed by atoms with Crippen molar-refractivity contribution in [1.29, 1.82) is 0 Å². The zero-order valence-corrected chi connectivity index (χ0v) is 19.5. The molecule has 0 fully saturated rings. The topological polar surface area (TPSA) is 89.3 Å². The molecule has 1 atom stereocenters. The fourth-order valence-electron chi connectivity index (χ4n) is 3.65. The Labute approximate surface area is 193 Å². The van der Waals surface area contributed by atoms with E-state index in [2.05, 4.69) is 4.98 Å². The molecule has 1 aliphatic rings. The molecule has 0 spiro atoms. The fraction of sp³-hybridized carbons (Fsp3) is 0.300. The van der Waals surface area contributed by atoms with E-state index in [0.29, 0.717) is 21.0 Å². The van der Waals surface area contributed by atoms with E-state index in [1.807, 2.05) is 4.57 Å². The van der Waals surface area contributed by atoms with Crippen molar-refractivity contribution in [2.75, 3.05) is 6.26 Å². The number of carboxylic acid groups (broad SMARTS) is 1. The summed E-state index contributed by atoms with van der Waals surface area (Å²) in [7, 11) is -3.34. The van der Waals surface area contributed by atoms with E-state index in [1.165, 1.54) is 18.5 Å². The fourth-order valence-corrected chi connectivity index (χ4v) is 5.25. The van der Waals surface area contributed by atoms with E-state index in [4.69, 9.17) is 28.3 Å². The molecule has 0 saturated carbocycles. The average Bonchev–Trinajstić information content (AvgIpc) is 3.09. The first-order valence-electron chi connectivity index (χ1n) is 9.26. The predicted molar refractivity (Wildman–Crippen MR) is 120 cm³/mol. The van der Waals surface area contributed by atoms with Crippen molar-refractivity contribution in [2.45, 2.75) is 41.5 Å². The number of sulfone groups is 1. The number of nitrogens with zero attached hydrogens (tertiary/aromatic N) is 2. The number of hydrogen-bond acceptors (Lipinski definition) is 5. The lowest BCUT2D eigenvalue weighted by Crippen LogP contribution is -2.17. The van der Waals surface area contributed by atoms with E-state index in [-0.39, 0.29) is 34.4 Å². The van der Waals surface area contributed by atoms with Gasteiger partial charge in [-0.3, -0.25) is 4.79 Å². The summed E-state index contributed by atoms with van der Waals surface area (Å²) in [6, 6.07) is 8.12. The zero-order chi connectivity index (χ0) is 22.8. The molecule has 0 amide bonds. The maximum absolute atomic E-state index is 11.9. The Bertz CT molecular complexity index is 1230. The van der Waals surface area contributed by atoms with Crippen LogP contribution in [0, 0.1) is 0 Å². The van der Waals surface area contributed by atoms with Gasteiger partial charge >= 0.3 is 5.97 Å². The molecule has 2 aromatic heterocycles. The summed E-state index contributed by atoms with van der Waals surface area (Å²) in [6.45, 7) is 0.745. The number of aromatic nitrogens is 2. The first-order chi connectivity index (χ1) is 14.6. The molecule has 0 bridgehead atoms. The summed E-state index contributed by atoms with van der Waals surface area (Å²) >= 11 is 11.3. The van der Waals surface area contributed by atoms with Crippen LogP contribution in [0.1, 0.15) is 30.9 Å². The van der Waals surface area contributed by atoms with Crippen LogP contribution >= 0.6 is 35.3 Å². The standard InChI is InChI=1S/C14H16N2O4S.C6H3Cl2FS/c1-21(19,20)12-4-5-15-14-10(12)8-11-9(7-13(17)18)3-2-6-16(11)14;7-4-2-1-3-5(10-9)6(4)8/h4-5,8-9H,2-3,6-7H2,1H3,(H,17,18);1-3H. The van der Waals surface area contributed by atoms with Crippen molar-refractivity contribution in [3.05, 3.63) is 52.3 Å². The SMILES string of the molecule is CS(=O)(=O)c1ccnc2c1cc1n2CCCC1CC(=O)O.FSc1cccc(Cl)c1Cl. The Morgan fingerprint density at radius 2 is 2.10 bits per heavy atom. The van der Waals surface area contributed by atoms with Crippen LogP contribution in [0.2, 0.25) is 10.0 Å². The molecule has 1 N–H and O–H groups in total. The van der Waals surface area contributed by atoms with Gasteiger partial charge in [0.2, 0.25) is 0 Å². The molecule has 6 nitrogen and oxygen atoms in total. The Morgan fingerprint density at radius 1 is 1.35 bits per heavy atom. The van der Waals surface area contributed by atoms with Gasteiger partial charge in [0.1, 0.15) is 5.65 Å². The minimum absolute atomic E-state index is 0.0600. The second kappa shape index (κ2) is 9.77. The van der Waals surface area contributed by atoms with Gasteiger partial charge in [-0.05, 0) is 37.1 Å². The number of pyridine rings is 1. The number of hydrogen-bond donors (Lipinski definition) is 1. The van der Waals surface area contributed by atoms with Gasteiger partial charge in [0.25, 0.3) is 0 Å². The van der Waals surface area contributed by atoms with Crippen LogP contribution in [-0.4, -0.2) is 35.3 Å². The number of carbonyl (C=O) groups is 1. The third-order valence-corrected chi connectivity index (χ3v) is 7.55. The number of halogens is 3. The zero-order valence-electron chi connectivity index (χ0n) is 16.4. The van der Waals surface area contributed by atoms with Crippen molar-refractivity contribution in [1.82, 2.24) is 9.55 Å². The van der Waals surface area contributed by atoms with Crippen molar-refractivity contribution >= 4 is 62.2 Å². The van der Waals surface area contributed by atoms with Gasteiger partial charge in [-0.15, -0.1) is 0 Å². The molecule has 0 radical (unpaired) electrons. The second-order valence-corrected chi connectivity index (χ2v) is 10.5. The van der Waals surface area contributed by atoms with Crippen LogP contribution in [0.5, 0.6) is 0 Å². The molecule has 1 aromatic carbocycles. The van der Waals surface area contributed by atoms with Gasteiger partial charge in [-0.2, -0.15) is 3.89 Å². The van der Waals surface area contributed by atoms with Gasteiger partial charge in [0.05, 0.1) is 38.4 Å². The van der Waals surface area contributed by atoms with Gasteiger partial charge < -0.3 is 9.67 Å². The van der Waals surface area contributed by atoms with E-state index in [9.17, 15) is 17.1 Å². The largest absolute Gasteiger partial charge is 0.481 e. The number of aryl methyl sites for hydroxylation is 1. The molecule has 4 rings (SSSR count). The third kappa shape index (κ3) is 5.34. The van der Waals surface area contributed by atoms with Gasteiger partial charge in [-0.1, -0.05) is 29.3 Å². The molecule has 0 aliphatic carbocycles. The van der Waals surface area contributed by atoms with Crippen LogP contribution in [0.3, 0.4) is 0 Å². The van der Waals surface area contributed by atoms with Gasteiger partial charge in [0.15, 0.2) is 9.84 Å². The molecular formula is C20H19Cl2FN2O4S2. The van der Waals surface area contributed by atoms with Gasteiger partial charge in [0, 0.05) is 36.0 Å². The summed E-state index contributed by atoms with van der Waals surface area (Å²) < 4.78 is 37.7. The maximum Gasteiger partial charge on any atom is 0.304 e. The molecule has 31 heavy (non-hydrogen) atoms. The predicted octanol–water partition coefficient (Wildman–Crippen LogP) is 5.76. The van der Waals surface area contributed by atoms with Crippen molar-refractivity contribution in [2.24, 2.45) is 0 Å². The minimum Gasteiger partial charge on any atom is -0.481 e. The molecule has 3 aromatic rings. The lowest BCUT2D eigenvalue weighted by atomic mass is 9.93. The lowest BCUT2D eigenvalue weighted by Gasteiger charge is -2.23. The van der Waals surface area contributed by atoms with E-state index < -0.39 is 15.8 Å². The quantitative estimate of drug-likeness (QED) is 0.485. The highest BCUT2D eigenvalue weighted by molar-refractivity contribution is 7.94. The van der Waals surface area contributed by atoms with Crippen molar-refractivity contribution in [3.63, 3.8) is 0 Å². The van der Waals surface area contributed by atoms with E-state index in [1.54, 1.807) is 24.3 Å². The first kappa shape index (κ1) is 23.8. The number of benzene rings is 1. The minimum atomic E-state index is -3.34. The molecule has 0 saturated heterocycles. The van der Waals surface area contributed by atoms with Crippen LogP contribution in [0.4, 0.5) is 3.89 Å². The highest BCUT2D eigenvalue weighted by Gasteiger charge is 2.27. The Kier molecular flexibility index (Phi) is 7.51. The van der Waals surface area contributed by atoms with E-state index >= 15 is 0 Å². The maximum atomic E-state index is 11.9. The van der Waals surface area contributed by atoms with Crippen LogP contribution < -0.4 is 0 Å². The smallest absolute Gasteiger partial charge is 0.304 e. The summed E-state index contributed by atoms with van der Waals surface area (Å²) in [6.07, 6.45) is 4.40. The highest BCUT2D eigenvalue weighted by Crippen LogP contribution is 2.36. The average molecular weight is 505 g/mol. The molecular weight excluding hydrogens is 486 g/mol. The molecule has 3 heterocycles. The molecule has 11 heteroatoms. The molecule has 166 valence electrons. The number of rotatable bonds is 4. The normalized spacial score (nSPS) is 15.8. The monoisotopic (exact) mass is 504 g/mol. The molecule has 1 unspecified atom stereocenters. The number of aliphatic carboxylic acids is 1. The number of fused-ring (bicyclic) bond motifs is 3. The van der Waals surface area contributed by atoms with Crippen molar-refractivity contribution in [3.8, 4) is 0 Å². The molecule has 1 aliphatic heterocycles. The summed E-state index contributed by atoms with van der Waals surface area (Å²) in [5.74, 6) is -0.923. The Morgan fingerprint density at radius 3 is 2.71 bits per heavy atom. The van der Waals surface area contributed by atoms with E-state index in [0.717, 1.165) is 25.1 Å². The Balaban J connectivity index is 0.000000229. The third-order valence-electron chi connectivity index (χ3n) is 4.96. The Hall–Kier alpha value is -1.81. The number of carboxylic acids is 1. The first-order valence-corrected chi connectivity index (χ1v) is 12.6. The highest BCUT2D eigenvalue weighted by atomic mass is 35.5. The van der Waals surface area contributed by atoms with Crippen LogP contribution in [0.15, 0.2) is 46.3 Å². The van der Waals surface area contributed by atoms with Crippen LogP contribution in [0.25, 0.3) is 11.0 Å². The summed E-state index contributed by atoms with van der Waals surface area (Å²) in [4.78, 5) is 15.9. The summed E-state index contributed by atoms with van der Waals surface area (Å²) in [5.41, 5.74) is 1.50. The second-order valence-electron chi connectivity index (χ2n) is 7.11. The van der Waals surface area contributed by atoms with Crippen LogP contribution in [-0.2, 0) is 21.2 Å². The lowest BCUT2D eigenvalue weighted by molar-refractivity contribution is -0.137. The summed E-state index contributed by atoms with van der Waals surface area (Å²) in [5, 5.41) is 10.3. The van der Waals surface area contributed by atoms with Crippen molar-refractivity contribution < 1.29 is 22.2 Å². The van der Waals surface area contributed by atoms with Gasteiger partial charge in [-0.25, -0.2) is 13.4 Å².